The Bertz CT molecular complexity index is 1220. The first-order valence-corrected chi connectivity index (χ1v) is 13.0. The summed E-state index contributed by atoms with van der Waals surface area (Å²) in [5.41, 5.74) is 4.94. The van der Waals surface area contributed by atoms with Crippen molar-refractivity contribution in [3.8, 4) is 0 Å². The molecule has 10 nitrogen and oxygen atoms in total. The minimum atomic E-state index is -3.73. The van der Waals surface area contributed by atoms with Crippen molar-refractivity contribution in [2.24, 2.45) is 5.92 Å². The topological polar surface area (TPSA) is 147 Å². The van der Waals surface area contributed by atoms with Gasteiger partial charge in [-0.15, -0.1) is 0 Å². The normalized spacial score (nSPS) is 12.6. The number of nitrogens with zero attached hydrogens (tertiary/aromatic N) is 2. The molecule has 0 fully saturated rings. The zero-order valence-corrected chi connectivity index (χ0v) is 21.2. The molecule has 4 N–H and O–H groups in total. The van der Waals surface area contributed by atoms with Gasteiger partial charge in [-0.05, 0) is 49.9 Å². The van der Waals surface area contributed by atoms with Crippen LogP contribution in [0.2, 0.25) is 0 Å². The van der Waals surface area contributed by atoms with Gasteiger partial charge in [0.2, 0.25) is 10.0 Å². The van der Waals surface area contributed by atoms with Gasteiger partial charge in [-0.25, -0.2) is 17.9 Å². The van der Waals surface area contributed by atoms with Crippen LogP contribution in [0.1, 0.15) is 64.2 Å². The van der Waals surface area contributed by atoms with E-state index in [2.05, 4.69) is 9.71 Å². The van der Waals surface area contributed by atoms with Gasteiger partial charge in [0, 0.05) is 24.7 Å². The molecule has 2 rings (SSSR count). The van der Waals surface area contributed by atoms with Crippen molar-refractivity contribution >= 4 is 27.4 Å². The average Bonchev–Trinajstić information content (AvgIpc) is 2.77. The molecular formula is C23H35N5O5S. The summed E-state index contributed by atoms with van der Waals surface area (Å²) in [6.45, 7) is 9.85. The number of hydrogen-bond donors (Lipinski definition) is 3. The van der Waals surface area contributed by atoms with Gasteiger partial charge in [-0.3, -0.25) is 19.1 Å². The maximum absolute atomic E-state index is 13.4. The number of rotatable bonds is 11. The van der Waals surface area contributed by atoms with Crippen LogP contribution >= 0.6 is 0 Å². The second-order valence-electron chi connectivity index (χ2n) is 8.76. The Morgan fingerprint density at radius 1 is 1.15 bits per heavy atom. The Balaban J connectivity index is 2.51. The number of aromatic nitrogens is 2. The minimum Gasteiger partial charge on any atom is -0.383 e. The predicted octanol–water partition coefficient (Wildman–Crippen LogP) is 2.30. The van der Waals surface area contributed by atoms with Crippen LogP contribution in [-0.4, -0.2) is 36.5 Å². The van der Waals surface area contributed by atoms with Crippen molar-refractivity contribution in [1.29, 1.82) is 0 Å². The van der Waals surface area contributed by atoms with Crippen LogP contribution in [0.25, 0.3) is 0 Å². The largest absolute Gasteiger partial charge is 0.383 e. The molecule has 34 heavy (non-hydrogen) atoms. The SMILES string of the molecule is CCCCn1c(N)c(N(CC(C)C)C(=O)c2ccc(S(=O)(=O)NC(C)CC)cc2)c(=O)[nH]c1=O. The molecule has 0 aliphatic heterocycles. The van der Waals surface area contributed by atoms with E-state index in [9.17, 15) is 22.8 Å². The summed E-state index contributed by atoms with van der Waals surface area (Å²) >= 11 is 0. The van der Waals surface area contributed by atoms with E-state index in [4.69, 9.17) is 5.73 Å². The van der Waals surface area contributed by atoms with Gasteiger partial charge in [0.15, 0.2) is 5.69 Å². The summed E-state index contributed by atoms with van der Waals surface area (Å²) in [7, 11) is -3.73. The van der Waals surface area contributed by atoms with E-state index >= 15 is 0 Å². The van der Waals surface area contributed by atoms with Crippen molar-refractivity contribution in [3.05, 3.63) is 50.7 Å². The number of nitrogens with two attached hydrogens (primary N) is 1. The fraction of sp³-hybridized carbons (Fsp3) is 0.522. The van der Waals surface area contributed by atoms with Crippen LogP contribution in [0.4, 0.5) is 11.5 Å². The summed E-state index contributed by atoms with van der Waals surface area (Å²) in [5, 5.41) is 0. The van der Waals surface area contributed by atoms with Crippen LogP contribution < -0.4 is 26.6 Å². The summed E-state index contributed by atoms with van der Waals surface area (Å²) < 4.78 is 28.9. The van der Waals surface area contributed by atoms with Crippen LogP contribution in [0.5, 0.6) is 0 Å². The molecule has 1 unspecified atom stereocenters. The van der Waals surface area contributed by atoms with E-state index in [0.29, 0.717) is 19.4 Å². The fourth-order valence-electron chi connectivity index (χ4n) is 3.37. The Morgan fingerprint density at radius 3 is 2.29 bits per heavy atom. The highest BCUT2D eigenvalue weighted by Crippen LogP contribution is 2.22. The molecule has 0 aliphatic rings. The molecular weight excluding hydrogens is 458 g/mol. The van der Waals surface area contributed by atoms with Crippen molar-refractivity contribution in [2.75, 3.05) is 17.2 Å². The second-order valence-corrected chi connectivity index (χ2v) is 10.5. The second kappa shape index (κ2) is 11.5. The summed E-state index contributed by atoms with van der Waals surface area (Å²) in [4.78, 5) is 42.0. The summed E-state index contributed by atoms with van der Waals surface area (Å²) in [5.74, 6) is -0.614. The first-order valence-electron chi connectivity index (χ1n) is 11.5. The number of aromatic amines is 1. The molecule has 0 saturated carbocycles. The highest BCUT2D eigenvalue weighted by atomic mass is 32.2. The maximum atomic E-state index is 13.4. The molecule has 0 aliphatic carbocycles. The van der Waals surface area contributed by atoms with Crippen molar-refractivity contribution in [3.63, 3.8) is 0 Å². The number of carbonyl (C=O) groups excluding carboxylic acids is 1. The van der Waals surface area contributed by atoms with Crippen molar-refractivity contribution in [1.82, 2.24) is 14.3 Å². The van der Waals surface area contributed by atoms with E-state index in [1.54, 1.807) is 6.92 Å². The number of H-pyrrole nitrogens is 1. The number of nitrogens with one attached hydrogen (secondary N) is 2. The van der Waals surface area contributed by atoms with E-state index < -0.39 is 27.2 Å². The van der Waals surface area contributed by atoms with Crippen molar-refractivity contribution < 1.29 is 13.2 Å². The first kappa shape index (κ1) is 27.3. The monoisotopic (exact) mass is 493 g/mol. The standard InChI is InChI=1S/C23H35N5O5S/c1-6-8-13-27-20(24)19(21(29)25-23(27)31)28(14-15(3)4)22(30)17-9-11-18(12-10-17)34(32,33)26-16(5)7-2/h9-12,15-16,26H,6-8,13-14,24H2,1-5H3,(H,25,29,31). The van der Waals surface area contributed by atoms with Gasteiger partial charge in [-0.2, -0.15) is 0 Å². The Morgan fingerprint density at radius 2 is 1.76 bits per heavy atom. The lowest BCUT2D eigenvalue weighted by Gasteiger charge is -2.26. The van der Waals surface area contributed by atoms with Gasteiger partial charge >= 0.3 is 5.69 Å². The number of amides is 1. The number of anilines is 2. The van der Waals surface area contributed by atoms with Gasteiger partial charge in [0.1, 0.15) is 5.82 Å². The highest BCUT2D eigenvalue weighted by molar-refractivity contribution is 7.89. The molecule has 11 heteroatoms. The first-order chi connectivity index (χ1) is 15.9. The van der Waals surface area contributed by atoms with Crippen LogP contribution in [0.15, 0.2) is 38.8 Å². The molecule has 1 atom stereocenters. The fourth-order valence-corrected chi connectivity index (χ4v) is 4.69. The van der Waals surface area contributed by atoms with Crippen LogP contribution in [-0.2, 0) is 16.6 Å². The Kier molecular flexibility index (Phi) is 9.22. The molecule has 0 bridgehead atoms. The highest BCUT2D eigenvalue weighted by Gasteiger charge is 2.26. The lowest BCUT2D eigenvalue weighted by molar-refractivity contribution is 0.0983. The molecule has 0 spiro atoms. The van der Waals surface area contributed by atoms with E-state index in [1.165, 1.54) is 33.7 Å². The van der Waals surface area contributed by atoms with Crippen molar-refractivity contribution in [2.45, 2.75) is 71.4 Å². The lowest BCUT2D eigenvalue weighted by Crippen LogP contribution is -2.42. The molecule has 1 amide bonds. The van der Waals surface area contributed by atoms with Gasteiger partial charge in [0.25, 0.3) is 11.5 Å². The molecule has 0 saturated heterocycles. The number of benzene rings is 1. The van der Waals surface area contributed by atoms with E-state index in [1.807, 2.05) is 27.7 Å². The average molecular weight is 494 g/mol. The molecule has 188 valence electrons. The third-order valence-electron chi connectivity index (χ3n) is 5.39. The van der Waals surface area contributed by atoms with E-state index in [0.717, 1.165) is 6.42 Å². The Hall–Kier alpha value is -2.92. The smallest absolute Gasteiger partial charge is 0.330 e. The van der Waals surface area contributed by atoms with Crippen LogP contribution in [0, 0.1) is 5.92 Å². The molecule has 1 aromatic heterocycles. The van der Waals surface area contributed by atoms with Gasteiger partial charge < -0.3 is 10.6 Å². The molecule has 2 aromatic rings. The molecule has 1 heterocycles. The number of unbranched alkanes of at least 4 members (excludes halogenated alkanes) is 1. The number of nitrogen functional groups attached to an aromatic ring is 1. The Labute approximate surface area is 200 Å². The number of hydrogen-bond acceptors (Lipinski definition) is 6. The van der Waals surface area contributed by atoms with Gasteiger partial charge in [-0.1, -0.05) is 34.1 Å². The minimum absolute atomic E-state index is 0.0156. The van der Waals surface area contributed by atoms with E-state index in [-0.39, 0.29) is 40.5 Å². The van der Waals surface area contributed by atoms with Crippen LogP contribution in [0.3, 0.4) is 0 Å². The zero-order chi connectivity index (χ0) is 25.6. The lowest BCUT2D eigenvalue weighted by atomic mass is 10.1. The third-order valence-corrected chi connectivity index (χ3v) is 7.00. The number of carbonyl (C=O) groups is 1. The maximum Gasteiger partial charge on any atom is 0.330 e. The van der Waals surface area contributed by atoms with Gasteiger partial charge in [0.05, 0.1) is 4.90 Å². The quantitative estimate of drug-likeness (QED) is 0.437. The predicted molar refractivity (Wildman–Crippen MR) is 134 cm³/mol. The third kappa shape index (κ3) is 6.35. The molecule has 0 radical (unpaired) electrons. The summed E-state index contributed by atoms with van der Waals surface area (Å²) in [6, 6.07) is 5.27. The summed E-state index contributed by atoms with van der Waals surface area (Å²) in [6.07, 6.45) is 2.13. The zero-order valence-electron chi connectivity index (χ0n) is 20.4. The molecule has 1 aromatic carbocycles. The number of sulfonamides is 1.